The highest BCUT2D eigenvalue weighted by Crippen LogP contribution is 2.49. The average molecular weight is 250 g/mol. The van der Waals surface area contributed by atoms with Crippen LogP contribution in [0, 0.1) is 5.92 Å². The maximum Gasteiger partial charge on any atom is 0.229 e. The number of thiophene rings is 1. The second-order valence-corrected chi connectivity index (χ2v) is 5.66. The van der Waals surface area contributed by atoms with Crippen LogP contribution >= 0.6 is 22.7 Å². The van der Waals surface area contributed by atoms with Crippen molar-refractivity contribution in [3.63, 3.8) is 0 Å². The van der Waals surface area contributed by atoms with E-state index in [0.717, 1.165) is 6.42 Å². The zero-order chi connectivity index (χ0) is 11.0. The fourth-order valence-corrected chi connectivity index (χ4v) is 3.22. The second-order valence-electron chi connectivity index (χ2n) is 3.79. The monoisotopic (exact) mass is 250 g/mol. The van der Waals surface area contributed by atoms with Gasteiger partial charge in [-0.3, -0.25) is 4.79 Å². The lowest BCUT2D eigenvalue weighted by atomic mass is 10.2. The third-order valence-electron chi connectivity index (χ3n) is 2.70. The Bertz CT molecular complexity index is 478. The van der Waals surface area contributed by atoms with Gasteiger partial charge in [0.1, 0.15) is 0 Å². The molecular weight excluding hydrogens is 240 g/mol. The molecule has 1 fully saturated rings. The number of carbonyl (C=O) groups is 1. The van der Waals surface area contributed by atoms with Crippen LogP contribution in [0.3, 0.4) is 0 Å². The first-order chi connectivity index (χ1) is 7.84. The molecule has 2 atom stereocenters. The van der Waals surface area contributed by atoms with E-state index in [2.05, 4.69) is 21.7 Å². The summed E-state index contributed by atoms with van der Waals surface area (Å²) in [6.07, 6.45) is 2.67. The van der Waals surface area contributed by atoms with Gasteiger partial charge in [0.25, 0.3) is 0 Å². The number of nitrogens with one attached hydrogen (secondary N) is 1. The Morgan fingerprint density at radius 1 is 1.44 bits per heavy atom. The number of hydrogen-bond acceptors (Lipinski definition) is 4. The summed E-state index contributed by atoms with van der Waals surface area (Å²) < 4.78 is 0. The summed E-state index contributed by atoms with van der Waals surface area (Å²) in [6.45, 7) is 0. The van der Waals surface area contributed by atoms with Crippen LogP contribution in [-0.4, -0.2) is 10.9 Å². The zero-order valence-electron chi connectivity index (χ0n) is 8.42. The molecule has 2 aromatic rings. The minimum atomic E-state index is 0.105. The zero-order valence-corrected chi connectivity index (χ0v) is 10.1. The van der Waals surface area contributed by atoms with Crippen LogP contribution in [0.1, 0.15) is 17.2 Å². The molecule has 1 aliphatic rings. The molecule has 0 saturated heterocycles. The second kappa shape index (κ2) is 3.99. The van der Waals surface area contributed by atoms with Crippen molar-refractivity contribution in [2.45, 2.75) is 12.3 Å². The van der Waals surface area contributed by atoms with Crippen LogP contribution in [0.25, 0.3) is 0 Å². The van der Waals surface area contributed by atoms with E-state index in [9.17, 15) is 4.79 Å². The van der Waals surface area contributed by atoms with Gasteiger partial charge in [-0.25, -0.2) is 4.98 Å². The number of carbonyl (C=O) groups excluding carboxylic acids is 1. The SMILES string of the molecule is O=C(Nc1nccs1)C1CC1c1cccs1. The molecule has 0 radical (unpaired) electrons. The predicted molar refractivity (Wildman–Crippen MR) is 65.9 cm³/mol. The number of thiazole rings is 1. The molecule has 1 amide bonds. The fraction of sp³-hybridized carbons (Fsp3) is 0.273. The molecule has 1 aliphatic carbocycles. The van der Waals surface area contributed by atoms with Gasteiger partial charge in [-0.1, -0.05) is 6.07 Å². The molecule has 1 saturated carbocycles. The van der Waals surface area contributed by atoms with E-state index in [1.165, 1.54) is 16.2 Å². The van der Waals surface area contributed by atoms with E-state index in [0.29, 0.717) is 11.0 Å². The first-order valence-electron chi connectivity index (χ1n) is 5.08. The van der Waals surface area contributed by atoms with Crippen LogP contribution in [0.5, 0.6) is 0 Å². The lowest BCUT2D eigenvalue weighted by Gasteiger charge is -1.99. The van der Waals surface area contributed by atoms with Gasteiger partial charge in [-0.2, -0.15) is 0 Å². The average Bonchev–Trinajstić information content (AvgIpc) is 2.71. The first kappa shape index (κ1) is 9.99. The van der Waals surface area contributed by atoms with Gasteiger partial charge in [-0.15, -0.1) is 22.7 Å². The lowest BCUT2D eigenvalue weighted by molar-refractivity contribution is -0.117. The summed E-state index contributed by atoms with van der Waals surface area (Å²) in [4.78, 5) is 17.2. The van der Waals surface area contributed by atoms with Crippen LogP contribution in [0.2, 0.25) is 0 Å². The Balaban J connectivity index is 1.62. The van der Waals surface area contributed by atoms with Crippen molar-refractivity contribution < 1.29 is 4.79 Å². The molecule has 0 aliphatic heterocycles. The number of hydrogen-bond donors (Lipinski definition) is 1. The van der Waals surface area contributed by atoms with Gasteiger partial charge in [0.05, 0.1) is 0 Å². The van der Waals surface area contributed by atoms with Gasteiger partial charge in [0.15, 0.2) is 5.13 Å². The molecule has 3 rings (SSSR count). The summed E-state index contributed by atoms with van der Waals surface area (Å²) in [5.41, 5.74) is 0. The molecule has 0 spiro atoms. The third kappa shape index (κ3) is 1.88. The Morgan fingerprint density at radius 2 is 2.38 bits per heavy atom. The Kier molecular flexibility index (Phi) is 2.49. The van der Waals surface area contributed by atoms with E-state index >= 15 is 0 Å². The number of aromatic nitrogens is 1. The maximum absolute atomic E-state index is 11.8. The number of amides is 1. The molecule has 5 heteroatoms. The summed E-state index contributed by atoms with van der Waals surface area (Å²) in [6, 6.07) is 4.14. The van der Waals surface area contributed by atoms with Crippen LogP contribution < -0.4 is 5.32 Å². The molecule has 3 nitrogen and oxygen atoms in total. The van der Waals surface area contributed by atoms with Gasteiger partial charge >= 0.3 is 0 Å². The Labute approximate surface area is 101 Å². The molecular formula is C11H10N2OS2. The van der Waals surface area contributed by atoms with E-state index in [4.69, 9.17) is 0 Å². The van der Waals surface area contributed by atoms with Crippen molar-refractivity contribution in [2.24, 2.45) is 5.92 Å². The van der Waals surface area contributed by atoms with E-state index < -0.39 is 0 Å². The van der Waals surface area contributed by atoms with Crippen molar-refractivity contribution >= 4 is 33.7 Å². The van der Waals surface area contributed by atoms with Gasteiger partial charge < -0.3 is 5.32 Å². The summed E-state index contributed by atoms with van der Waals surface area (Å²) in [5, 5.41) is 7.46. The van der Waals surface area contributed by atoms with E-state index in [1.54, 1.807) is 17.5 Å². The largest absolute Gasteiger partial charge is 0.302 e. The topological polar surface area (TPSA) is 42.0 Å². The van der Waals surface area contributed by atoms with Crippen LogP contribution in [0.4, 0.5) is 5.13 Å². The normalized spacial score (nSPS) is 23.0. The molecule has 2 heterocycles. The molecule has 1 N–H and O–H groups in total. The summed E-state index contributed by atoms with van der Waals surface area (Å²) in [7, 11) is 0. The minimum Gasteiger partial charge on any atom is -0.302 e. The van der Waals surface area contributed by atoms with Gasteiger partial charge in [0.2, 0.25) is 5.91 Å². The highest BCUT2D eigenvalue weighted by molar-refractivity contribution is 7.13. The Morgan fingerprint density at radius 3 is 3.06 bits per heavy atom. The van der Waals surface area contributed by atoms with Crippen molar-refractivity contribution in [2.75, 3.05) is 5.32 Å². The quantitative estimate of drug-likeness (QED) is 0.910. The van der Waals surface area contributed by atoms with Crippen molar-refractivity contribution in [3.8, 4) is 0 Å². The first-order valence-corrected chi connectivity index (χ1v) is 6.84. The van der Waals surface area contributed by atoms with E-state index in [-0.39, 0.29) is 11.8 Å². The molecule has 0 aromatic carbocycles. The smallest absolute Gasteiger partial charge is 0.229 e. The van der Waals surface area contributed by atoms with Gasteiger partial charge in [0, 0.05) is 28.3 Å². The van der Waals surface area contributed by atoms with Crippen LogP contribution in [-0.2, 0) is 4.79 Å². The highest BCUT2D eigenvalue weighted by atomic mass is 32.1. The maximum atomic E-state index is 11.8. The Hall–Kier alpha value is -1.20. The predicted octanol–water partition coefficient (Wildman–Crippen LogP) is 2.95. The molecule has 2 aromatic heterocycles. The van der Waals surface area contributed by atoms with Gasteiger partial charge in [-0.05, 0) is 17.9 Å². The summed E-state index contributed by atoms with van der Waals surface area (Å²) in [5.74, 6) is 0.677. The summed E-state index contributed by atoms with van der Waals surface area (Å²) >= 11 is 3.18. The van der Waals surface area contributed by atoms with Crippen molar-refractivity contribution in [3.05, 3.63) is 34.0 Å². The van der Waals surface area contributed by atoms with E-state index in [1.807, 2.05) is 11.4 Å². The van der Waals surface area contributed by atoms with Crippen molar-refractivity contribution in [1.82, 2.24) is 4.98 Å². The number of nitrogens with zero attached hydrogens (tertiary/aromatic N) is 1. The number of anilines is 1. The van der Waals surface area contributed by atoms with Crippen LogP contribution in [0.15, 0.2) is 29.1 Å². The third-order valence-corrected chi connectivity index (χ3v) is 4.39. The molecule has 0 bridgehead atoms. The van der Waals surface area contributed by atoms with Crippen molar-refractivity contribution in [1.29, 1.82) is 0 Å². The molecule has 82 valence electrons. The molecule has 16 heavy (non-hydrogen) atoms. The lowest BCUT2D eigenvalue weighted by Crippen LogP contribution is -2.14. The standard InChI is InChI=1S/C11H10N2OS2/c14-10(13-11-12-3-5-16-11)8-6-7(8)9-2-1-4-15-9/h1-5,7-8H,6H2,(H,12,13,14). The fourth-order valence-electron chi connectivity index (χ4n) is 1.78. The highest BCUT2D eigenvalue weighted by Gasteiger charge is 2.44. The minimum absolute atomic E-state index is 0.105. The number of rotatable bonds is 3. The molecule has 2 unspecified atom stereocenters.